The van der Waals surface area contributed by atoms with E-state index in [1.165, 1.54) is 12.8 Å². The number of ether oxygens (including phenoxy) is 1. The van der Waals surface area contributed by atoms with Gasteiger partial charge in [-0.2, -0.15) is 0 Å². The molecule has 0 amide bonds. The molecule has 3 N–H and O–H groups in total. The van der Waals surface area contributed by atoms with Crippen LogP contribution < -0.4 is 10.5 Å². The van der Waals surface area contributed by atoms with Crippen LogP contribution in [0, 0.1) is 0 Å². The van der Waals surface area contributed by atoms with Crippen molar-refractivity contribution in [3.05, 3.63) is 24.3 Å². The number of hydrogen-bond donors (Lipinski definition) is 2. The molecule has 1 aromatic carbocycles. The van der Waals surface area contributed by atoms with E-state index in [1.807, 2.05) is 18.2 Å². The minimum Gasteiger partial charge on any atom is -0.491 e. The normalized spacial score (nSPS) is 19.6. The average molecular weight is 235 g/mol. The first kappa shape index (κ1) is 12.2. The first-order valence-electron chi connectivity index (χ1n) is 6.39. The molecule has 1 fully saturated rings. The molecule has 0 bridgehead atoms. The Bertz CT molecular complexity index is 357. The predicted molar refractivity (Wildman–Crippen MR) is 69.0 cm³/mol. The minimum absolute atomic E-state index is 0.371. The maximum atomic E-state index is 10.4. The Labute approximate surface area is 103 Å². The standard InChI is InChI=1S/C14H21NO2/c15-12-6-5-7-13(10-12)17-11-14(16)8-3-1-2-4-9-14/h5-7,10,16H,1-4,8-9,11,15H2. The van der Waals surface area contributed by atoms with Gasteiger partial charge in [-0.15, -0.1) is 0 Å². The lowest BCUT2D eigenvalue weighted by atomic mass is 9.96. The third-order valence-corrected chi connectivity index (χ3v) is 3.40. The van der Waals surface area contributed by atoms with Gasteiger partial charge in [0.1, 0.15) is 12.4 Å². The first-order valence-corrected chi connectivity index (χ1v) is 6.39. The summed E-state index contributed by atoms with van der Waals surface area (Å²) in [5.74, 6) is 0.739. The molecule has 1 saturated carbocycles. The average Bonchev–Trinajstić information content (AvgIpc) is 2.53. The topological polar surface area (TPSA) is 55.5 Å². The van der Waals surface area contributed by atoms with Gasteiger partial charge in [0, 0.05) is 11.8 Å². The maximum Gasteiger partial charge on any atom is 0.121 e. The number of rotatable bonds is 3. The number of anilines is 1. The van der Waals surface area contributed by atoms with Crippen LogP contribution in [-0.4, -0.2) is 17.3 Å². The quantitative estimate of drug-likeness (QED) is 0.625. The molecule has 3 heteroatoms. The van der Waals surface area contributed by atoms with E-state index >= 15 is 0 Å². The van der Waals surface area contributed by atoms with E-state index in [0.717, 1.165) is 31.4 Å². The van der Waals surface area contributed by atoms with E-state index in [2.05, 4.69) is 0 Å². The third-order valence-electron chi connectivity index (χ3n) is 3.40. The molecule has 1 aromatic rings. The van der Waals surface area contributed by atoms with Gasteiger partial charge in [-0.25, -0.2) is 0 Å². The number of nitrogen functional groups attached to an aromatic ring is 1. The van der Waals surface area contributed by atoms with Crippen molar-refractivity contribution in [1.29, 1.82) is 0 Å². The molecule has 2 rings (SSSR count). The van der Waals surface area contributed by atoms with Crippen LogP contribution in [0.3, 0.4) is 0 Å². The molecule has 0 radical (unpaired) electrons. The van der Waals surface area contributed by atoms with Gasteiger partial charge >= 0.3 is 0 Å². The molecule has 0 spiro atoms. The number of nitrogens with two attached hydrogens (primary N) is 1. The lowest BCUT2D eigenvalue weighted by Gasteiger charge is -2.26. The first-order chi connectivity index (χ1) is 8.18. The van der Waals surface area contributed by atoms with Crippen LogP contribution in [0.2, 0.25) is 0 Å². The highest BCUT2D eigenvalue weighted by Gasteiger charge is 2.28. The van der Waals surface area contributed by atoms with Crippen molar-refractivity contribution in [2.24, 2.45) is 0 Å². The van der Waals surface area contributed by atoms with Crippen LogP contribution in [-0.2, 0) is 0 Å². The third kappa shape index (κ3) is 3.63. The zero-order chi connectivity index (χ0) is 12.1. The van der Waals surface area contributed by atoms with Crippen molar-refractivity contribution in [3.63, 3.8) is 0 Å². The summed E-state index contributed by atoms with van der Waals surface area (Å²) < 4.78 is 5.65. The molecule has 94 valence electrons. The summed E-state index contributed by atoms with van der Waals surface area (Å²) in [6, 6.07) is 7.35. The fourth-order valence-electron chi connectivity index (χ4n) is 2.35. The van der Waals surface area contributed by atoms with Gasteiger partial charge in [-0.05, 0) is 25.0 Å². The largest absolute Gasteiger partial charge is 0.491 e. The van der Waals surface area contributed by atoms with Crippen LogP contribution in [0.4, 0.5) is 5.69 Å². The number of benzene rings is 1. The van der Waals surface area contributed by atoms with Crippen LogP contribution in [0.15, 0.2) is 24.3 Å². The summed E-state index contributed by atoms with van der Waals surface area (Å²) in [5.41, 5.74) is 5.72. The Balaban J connectivity index is 1.92. The monoisotopic (exact) mass is 235 g/mol. The lowest BCUT2D eigenvalue weighted by molar-refractivity contribution is -0.0173. The van der Waals surface area contributed by atoms with Crippen LogP contribution >= 0.6 is 0 Å². The molecule has 3 nitrogen and oxygen atoms in total. The molecule has 17 heavy (non-hydrogen) atoms. The molecule has 0 aliphatic heterocycles. The molecule has 1 aliphatic carbocycles. The highest BCUT2D eigenvalue weighted by molar-refractivity contribution is 5.43. The van der Waals surface area contributed by atoms with Crippen LogP contribution in [0.25, 0.3) is 0 Å². The molecule has 0 aromatic heterocycles. The Morgan fingerprint density at radius 3 is 2.53 bits per heavy atom. The summed E-state index contributed by atoms with van der Waals surface area (Å²) in [6.07, 6.45) is 6.32. The smallest absolute Gasteiger partial charge is 0.121 e. The van der Waals surface area contributed by atoms with E-state index in [0.29, 0.717) is 12.3 Å². The molecule has 0 heterocycles. The summed E-state index contributed by atoms with van der Waals surface area (Å²) >= 11 is 0. The van der Waals surface area contributed by atoms with E-state index in [1.54, 1.807) is 6.07 Å². The fraction of sp³-hybridized carbons (Fsp3) is 0.571. The van der Waals surface area contributed by atoms with Gasteiger partial charge in [-0.3, -0.25) is 0 Å². The summed E-state index contributed by atoms with van der Waals surface area (Å²) in [5, 5.41) is 10.4. The van der Waals surface area contributed by atoms with Gasteiger partial charge in [0.2, 0.25) is 0 Å². The number of hydrogen-bond acceptors (Lipinski definition) is 3. The fourth-order valence-corrected chi connectivity index (χ4v) is 2.35. The number of aliphatic hydroxyl groups is 1. The van der Waals surface area contributed by atoms with E-state index in [-0.39, 0.29) is 0 Å². The van der Waals surface area contributed by atoms with Crippen LogP contribution in [0.5, 0.6) is 5.75 Å². The van der Waals surface area contributed by atoms with Gasteiger partial charge < -0.3 is 15.6 Å². The molecule has 0 unspecified atom stereocenters. The van der Waals surface area contributed by atoms with Gasteiger partial charge in [0.15, 0.2) is 0 Å². The molecule has 1 aliphatic rings. The highest BCUT2D eigenvalue weighted by Crippen LogP contribution is 2.28. The van der Waals surface area contributed by atoms with Crippen molar-refractivity contribution in [2.45, 2.75) is 44.1 Å². The van der Waals surface area contributed by atoms with E-state index in [9.17, 15) is 5.11 Å². The maximum absolute atomic E-state index is 10.4. The van der Waals surface area contributed by atoms with Gasteiger partial charge in [-0.1, -0.05) is 31.7 Å². The van der Waals surface area contributed by atoms with Crippen molar-refractivity contribution in [2.75, 3.05) is 12.3 Å². The molecule has 0 atom stereocenters. The Kier molecular flexibility index (Phi) is 3.89. The SMILES string of the molecule is Nc1cccc(OCC2(O)CCCCCC2)c1. The van der Waals surface area contributed by atoms with E-state index in [4.69, 9.17) is 10.5 Å². The Morgan fingerprint density at radius 2 is 1.88 bits per heavy atom. The zero-order valence-electron chi connectivity index (χ0n) is 10.2. The second-order valence-corrected chi connectivity index (χ2v) is 5.00. The molecular formula is C14H21NO2. The summed E-state index contributed by atoms with van der Waals surface area (Å²) in [4.78, 5) is 0. The summed E-state index contributed by atoms with van der Waals surface area (Å²) in [7, 11) is 0. The van der Waals surface area contributed by atoms with Gasteiger partial charge in [0.05, 0.1) is 5.60 Å². The second kappa shape index (κ2) is 5.41. The Morgan fingerprint density at radius 1 is 1.18 bits per heavy atom. The summed E-state index contributed by atoms with van der Waals surface area (Å²) in [6.45, 7) is 0.371. The second-order valence-electron chi connectivity index (χ2n) is 5.00. The molecule has 0 saturated heterocycles. The predicted octanol–water partition coefficient (Wildman–Crippen LogP) is 2.73. The lowest BCUT2D eigenvalue weighted by Crippen LogP contribution is -2.35. The van der Waals surface area contributed by atoms with Crippen LogP contribution in [0.1, 0.15) is 38.5 Å². The zero-order valence-corrected chi connectivity index (χ0v) is 10.2. The molecular weight excluding hydrogens is 214 g/mol. The van der Waals surface area contributed by atoms with Crippen molar-refractivity contribution < 1.29 is 9.84 Å². The van der Waals surface area contributed by atoms with Crippen molar-refractivity contribution >= 4 is 5.69 Å². The minimum atomic E-state index is -0.652. The van der Waals surface area contributed by atoms with Crippen molar-refractivity contribution in [1.82, 2.24) is 0 Å². The Hall–Kier alpha value is -1.22. The van der Waals surface area contributed by atoms with E-state index < -0.39 is 5.60 Å². The van der Waals surface area contributed by atoms with Gasteiger partial charge in [0.25, 0.3) is 0 Å². The highest BCUT2D eigenvalue weighted by atomic mass is 16.5. The van der Waals surface area contributed by atoms with Crippen molar-refractivity contribution in [3.8, 4) is 5.75 Å².